The van der Waals surface area contributed by atoms with Crippen molar-refractivity contribution in [3.63, 3.8) is 0 Å². The van der Waals surface area contributed by atoms with E-state index in [1.165, 1.54) is 34.2 Å². The normalized spacial score (nSPS) is 19.5. The molecule has 1 saturated carbocycles. The number of hydrogen-bond donors (Lipinski definition) is 4. The maximum absolute atomic E-state index is 13.6. The molecule has 0 spiro atoms. The van der Waals surface area contributed by atoms with Crippen LogP contribution >= 0.6 is 11.3 Å². The number of rotatable bonds is 7. The van der Waals surface area contributed by atoms with E-state index in [0.29, 0.717) is 55.0 Å². The van der Waals surface area contributed by atoms with E-state index in [1.807, 2.05) is 0 Å². The Bertz CT molecular complexity index is 1770. The zero-order valence-electron chi connectivity index (χ0n) is 22.1. The predicted octanol–water partition coefficient (Wildman–Crippen LogP) is 2.14. The van der Waals surface area contributed by atoms with Gasteiger partial charge in [0.15, 0.2) is 17.2 Å². The summed E-state index contributed by atoms with van der Waals surface area (Å²) in [5.41, 5.74) is 1.92. The third kappa shape index (κ3) is 4.78. The number of carbonyl (C=O) groups excluding carboxylic acids is 3. The highest BCUT2D eigenvalue weighted by Gasteiger charge is 2.39. The summed E-state index contributed by atoms with van der Waals surface area (Å²) < 4.78 is 1.35. The van der Waals surface area contributed by atoms with Crippen LogP contribution in [0.2, 0.25) is 0 Å². The van der Waals surface area contributed by atoms with Crippen LogP contribution in [0.15, 0.2) is 60.3 Å². The van der Waals surface area contributed by atoms with Gasteiger partial charge in [-0.1, -0.05) is 13.0 Å². The van der Waals surface area contributed by atoms with Crippen molar-refractivity contribution in [1.29, 1.82) is 0 Å². The number of nitrogens with zero attached hydrogens (tertiary/aromatic N) is 4. The number of carbonyl (C=O) groups is 3. The number of aromatic nitrogens is 4. The first-order valence-electron chi connectivity index (χ1n) is 13.2. The van der Waals surface area contributed by atoms with Crippen LogP contribution in [0.5, 0.6) is 0 Å². The van der Waals surface area contributed by atoms with Gasteiger partial charge in [-0.2, -0.15) is 10.00 Å². The lowest BCUT2D eigenvalue weighted by Crippen LogP contribution is -3.07. The van der Waals surface area contributed by atoms with Crippen LogP contribution in [-0.4, -0.2) is 50.2 Å². The molecule has 2 aliphatic rings. The Morgan fingerprint density at radius 2 is 2.10 bits per heavy atom. The topological polar surface area (TPSA) is 152 Å². The maximum Gasteiger partial charge on any atom is 0.429 e. The molecule has 0 saturated heterocycles. The summed E-state index contributed by atoms with van der Waals surface area (Å²) in [7, 11) is 0. The number of aryl methyl sites for hydroxylation is 1. The van der Waals surface area contributed by atoms with E-state index in [4.69, 9.17) is 0 Å². The molecule has 0 bridgehead atoms. The number of quaternary nitrogens is 1. The lowest BCUT2D eigenvalue weighted by molar-refractivity contribution is -0.660. The average Bonchev–Trinajstić information content (AvgIpc) is 3.57. The Balaban J connectivity index is 1.33. The van der Waals surface area contributed by atoms with Crippen molar-refractivity contribution in [2.45, 2.75) is 32.2 Å². The second kappa shape index (κ2) is 10.7. The summed E-state index contributed by atoms with van der Waals surface area (Å²) >= 11 is 1.21. The van der Waals surface area contributed by atoms with Gasteiger partial charge in [0.2, 0.25) is 5.91 Å². The summed E-state index contributed by atoms with van der Waals surface area (Å²) in [4.78, 5) is 57.4. The maximum atomic E-state index is 13.6. The molecule has 1 unspecified atom stereocenters. The molecular formula is C28H27N8O4S+. The highest BCUT2D eigenvalue weighted by atomic mass is 32.1. The third-order valence-electron chi connectivity index (χ3n) is 7.56. The lowest BCUT2D eigenvalue weighted by atomic mass is 10.0. The molecule has 3 atom stereocenters. The highest BCUT2D eigenvalue weighted by Crippen LogP contribution is 2.40. The summed E-state index contributed by atoms with van der Waals surface area (Å²) in [5.74, 6) is -0.104. The van der Waals surface area contributed by atoms with Crippen LogP contribution < -0.4 is 26.4 Å². The Hall–Kier alpha value is -4.75. The van der Waals surface area contributed by atoms with Crippen LogP contribution in [0.4, 0.5) is 21.9 Å². The first kappa shape index (κ1) is 26.5. The minimum atomic E-state index is -0.395. The van der Waals surface area contributed by atoms with Crippen molar-refractivity contribution in [2.24, 2.45) is 5.92 Å². The predicted molar refractivity (Wildman–Crippen MR) is 153 cm³/mol. The molecule has 1 aliphatic heterocycles. The largest absolute Gasteiger partial charge is 0.429 e. The van der Waals surface area contributed by atoms with E-state index in [2.05, 4.69) is 37.7 Å². The van der Waals surface area contributed by atoms with Gasteiger partial charge in [-0.25, -0.2) is 9.78 Å². The number of thiophene rings is 1. The van der Waals surface area contributed by atoms with Crippen LogP contribution in [0.3, 0.4) is 0 Å². The smallest absolute Gasteiger partial charge is 0.351 e. The summed E-state index contributed by atoms with van der Waals surface area (Å²) in [5, 5.41) is 17.4. The Kier molecular flexibility index (Phi) is 6.89. The fourth-order valence-electron chi connectivity index (χ4n) is 5.58. The molecule has 1 aliphatic carbocycles. The number of nitrogens with one attached hydrogen (secondary N) is 4. The summed E-state index contributed by atoms with van der Waals surface area (Å²) in [6, 6.07) is 6.12. The molecule has 6 rings (SSSR count). The van der Waals surface area contributed by atoms with E-state index in [0.717, 1.165) is 19.3 Å². The first-order chi connectivity index (χ1) is 19.9. The number of amides is 4. The number of anilines is 1. The fraction of sp³-hybridized carbons (Fsp3) is 0.250. The second-order valence-corrected chi connectivity index (χ2v) is 11.1. The average molecular weight is 572 g/mol. The number of pyridine rings is 2. The van der Waals surface area contributed by atoms with Gasteiger partial charge < -0.3 is 10.6 Å². The standard InChI is InChI=1S/C28H26N8O4S/c1-3-21(37)32-17-7-4-6-16(17)13-30-26(39)25-24-23-18(9-11-29-27(23)41-25)36(28(40)33-24)19-14-35(22(38)12-15(19)2)20-8-5-10-31-34-20/h3,5,8-12,14,16-17H,1,4,6-7,13H2,2H3,(H,30,39)(H,32,37)(H,33,40)/p+1/t16-,17-/m0/s1. The SMILES string of the molecule is C=CC(=O)N[C@H]1CCC[C@H]1CNC(=O)c1sc2nccc3c2c1NC(=O)[NH+]3c1cn(-c2cccnn2)c(=O)cc1C. The van der Waals surface area contributed by atoms with Crippen molar-refractivity contribution in [1.82, 2.24) is 30.4 Å². The monoisotopic (exact) mass is 571 g/mol. The molecule has 5 heterocycles. The van der Waals surface area contributed by atoms with Crippen molar-refractivity contribution in [3.8, 4) is 5.82 Å². The van der Waals surface area contributed by atoms with Gasteiger partial charge in [0.1, 0.15) is 9.71 Å². The van der Waals surface area contributed by atoms with Gasteiger partial charge in [0, 0.05) is 42.7 Å². The quantitative estimate of drug-likeness (QED) is 0.248. The molecule has 12 nitrogen and oxygen atoms in total. The summed E-state index contributed by atoms with van der Waals surface area (Å²) in [6.07, 6.45) is 8.66. The Morgan fingerprint density at radius 1 is 1.24 bits per heavy atom. The van der Waals surface area contributed by atoms with Gasteiger partial charge in [0.05, 0.1) is 17.3 Å². The molecule has 0 radical (unpaired) electrons. The Morgan fingerprint density at radius 3 is 2.88 bits per heavy atom. The van der Waals surface area contributed by atoms with Crippen molar-refractivity contribution >= 4 is 56.5 Å². The lowest BCUT2D eigenvalue weighted by Gasteiger charge is -2.24. The van der Waals surface area contributed by atoms with Gasteiger partial charge >= 0.3 is 6.03 Å². The molecule has 41 heavy (non-hydrogen) atoms. The molecule has 4 aromatic rings. The zero-order valence-corrected chi connectivity index (χ0v) is 23.0. The van der Waals surface area contributed by atoms with E-state index in [9.17, 15) is 19.2 Å². The van der Waals surface area contributed by atoms with Gasteiger partial charge in [-0.15, -0.1) is 16.4 Å². The molecule has 13 heteroatoms. The fourth-order valence-corrected chi connectivity index (χ4v) is 6.62. The van der Waals surface area contributed by atoms with Gasteiger partial charge in [0.25, 0.3) is 11.5 Å². The van der Waals surface area contributed by atoms with E-state index < -0.39 is 6.03 Å². The van der Waals surface area contributed by atoms with Crippen molar-refractivity contribution < 1.29 is 19.3 Å². The molecule has 208 valence electrons. The molecule has 1 fully saturated rings. The molecular weight excluding hydrogens is 544 g/mol. The van der Waals surface area contributed by atoms with Crippen LogP contribution in [0.25, 0.3) is 16.0 Å². The molecule has 4 aromatic heterocycles. The zero-order chi connectivity index (χ0) is 28.7. The summed E-state index contributed by atoms with van der Waals surface area (Å²) in [6.45, 7) is 5.67. The van der Waals surface area contributed by atoms with Gasteiger partial charge in [-0.05, 0) is 43.9 Å². The number of hydrogen-bond acceptors (Lipinski definition) is 8. The first-order valence-corrected chi connectivity index (χ1v) is 14.0. The van der Waals surface area contributed by atoms with Crippen molar-refractivity contribution in [2.75, 3.05) is 11.9 Å². The third-order valence-corrected chi connectivity index (χ3v) is 8.66. The Labute approximate surface area is 238 Å². The van der Waals surface area contributed by atoms with Gasteiger partial charge in [-0.3, -0.25) is 24.3 Å². The highest BCUT2D eigenvalue weighted by molar-refractivity contribution is 7.21. The second-order valence-electron chi connectivity index (χ2n) is 10.1. The van der Waals surface area contributed by atoms with E-state index in [-0.39, 0.29) is 29.3 Å². The van der Waals surface area contributed by atoms with E-state index in [1.54, 1.807) is 37.5 Å². The molecule has 4 N–H and O–H groups in total. The minimum Gasteiger partial charge on any atom is -0.351 e. The number of urea groups is 1. The molecule has 0 aromatic carbocycles. The van der Waals surface area contributed by atoms with E-state index >= 15 is 0 Å². The van der Waals surface area contributed by atoms with Crippen LogP contribution in [-0.2, 0) is 4.79 Å². The van der Waals surface area contributed by atoms with Crippen LogP contribution in [0, 0.1) is 12.8 Å². The molecule has 4 amide bonds. The minimum absolute atomic E-state index is 0.0277. The van der Waals surface area contributed by atoms with Crippen LogP contribution in [0.1, 0.15) is 34.5 Å². The van der Waals surface area contributed by atoms with Crippen molar-refractivity contribution in [3.05, 3.63) is 76.3 Å².